The fourth-order valence-corrected chi connectivity index (χ4v) is 5.18. The van der Waals surface area contributed by atoms with Crippen molar-refractivity contribution in [3.8, 4) is 11.1 Å². The van der Waals surface area contributed by atoms with Crippen LogP contribution in [-0.4, -0.2) is 20.9 Å². The van der Waals surface area contributed by atoms with Crippen molar-refractivity contribution in [1.29, 1.82) is 0 Å². The van der Waals surface area contributed by atoms with Crippen molar-refractivity contribution in [1.82, 2.24) is 0 Å². The topological polar surface area (TPSA) is 66.5 Å². The average molecular weight is 461 g/mol. The van der Waals surface area contributed by atoms with Gasteiger partial charge in [0.2, 0.25) is 5.91 Å². The van der Waals surface area contributed by atoms with Crippen molar-refractivity contribution in [3.63, 3.8) is 0 Å². The predicted molar refractivity (Wildman–Crippen MR) is 109 cm³/mol. The van der Waals surface area contributed by atoms with E-state index in [0.29, 0.717) is 16.8 Å². The van der Waals surface area contributed by atoms with E-state index >= 15 is 0 Å². The van der Waals surface area contributed by atoms with E-state index in [9.17, 15) is 17.6 Å². The summed E-state index contributed by atoms with van der Waals surface area (Å²) in [6.07, 6.45) is 0. The molecule has 4 rings (SSSR count). The van der Waals surface area contributed by atoms with Gasteiger partial charge in [0.05, 0.1) is 10.6 Å². The molecule has 1 N–H and O–H groups in total. The van der Waals surface area contributed by atoms with Crippen LogP contribution in [0, 0.1) is 5.82 Å². The van der Waals surface area contributed by atoms with Gasteiger partial charge in [-0.15, -0.1) is 0 Å². The van der Waals surface area contributed by atoms with Gasteiger partial charge in [-0.3, -0.25) is 9.10 Å². The molecule has 1 amide bonds. The van der Waals surface area contributed by atoms with Crippen molar-refractivity contribution >= 4 is 43.2 Å². The molecule has 0 spiro atoms. The van der Waals surface area contributed by atoms with Crippen LogP contribution in [0.15, 0.2) is 76.1 Å². The first-order valence-corrected chi connectivity index (χ1v) is 10.6. The van der Waals surface area contributed by atoms with Crippen molar-refractivity contribution in [2.75, 3.05) is 16.2 Å². The van der Waals surface area contributed by atoms with Gasteiger partial charge in [0.1, 0.15) is 12.4 Å². The van der Waals surface area contributed by atoms with Gasteiger partial charge in [0, 0.05) is 21.3 Å². The molecule has 0 atom stereocenters. The lowest BCUT2D eigenvalue weighted by Gasteiger charge is -2.31. The molecule has 28 heavy (non-hydrogen) atoms. The summed E-state index contributed by atoms with van der Waals surface area (Å²) in [5, 5.41) is 2.54. The fraction of sp³-hybridized carbons (Fsp3) is 0.0500. The molecule has 3 aromatic carbocycles. The van der Waals surface area contributed by atoms with E-state index in [4.69, 9.17) is 0 Å². The Kier molecular flexibility index (Phi) is 4.68. The molecule has 8 heteroatoms. The van der Waals surface area contributed by atoms with E-state index in [2.05, 4.69) is 21.2 Å². The van der Waals surface area contributed by atoms with E-state index in [1.54, 1.807) is 30.3 Å². The van der Waals surface area contributed by atoms with Crippen LogP contribution in [-0.2, 0) is 14.8 Å². The number of sulfonamides is 1. The van der Waals surface area contributed by atoms with E-state index in [1.165, 1.54) is 30.3 Å². The van der Waals surface area contributed by atoms with Crippen LogP contribution < -0.4 is 9.62 Å². The fourth-order valence-electron chi connectivity index (χ4n) is 3.17. The first-order chi connectivity index (χ1) is 13.4. The molecule has 0 saturated heterocycles. The molecule has 1 aliphatic rings. The maximum atomic E-state index is 13.3. The number of nitrogens with one attached hydrogen (secondary N) is 1. The zero-order valence-electron chi connectivity index (χ0n) is 14.4. The third-order valence-corrected chi connectivity index (χ3v) is 6.68. The molecule has 5 nitrogen and oxygen atoms in total. The molecule has 0 bridgehead atoms. The first kappa shape index (κ1) is 18.6. The lowest BCUT2D eigenvalue weighted by molar-refractivity contribution is -0.114. The molecule has 0 aliphatic carbocycles. The van der Waals surface area contributed by atoms with Crippen molar-refractivity contribution < 1.29 is 17.6 Å². The van der Waals surface area contributed by atoms with Crippen molar-refractivity contribution in [2.24, 2.45) is 0 Å². The second-order valence-corrected chi connectivity index (χ2v) is 8.97. The molecule has 0 unspecified atom stereocenters. The van der Waals surface area contributed by atoms with Gasteiger partial charge in [-0.2, -0.15) is 0 Å². The number of amides is 1. The third kappa shape index (κ3) is 3.29. The lowest BCUT2D eigenvalue weighted by atomic mass is 10.0. The summed E-state index contributed by atoms with van der Waals surface area (Å²) in [5.74, 6) is -1.06. The van der Waals surface area contributed by atoms with Gasteiger partial charge in [-0.25, -0.2) is 12.8 Å². The molecule has 142 valence electrons. The average Bonchev–Trinajstić information content (AvgIpc) is 2.65. The summed E-state index contributed by atoms with van der Waals surface area (Å²) in [5.41, 5.74) is 1.96. The van der Waals surface area contributed by atoms with Crippen LogP contribution in [0.1, 0.15) is 0 Å². The number of nitrogens with zero attached hydrogens (tertiary/aromatic N) is 1. The second-order valence-electron chi connectivity index (χ2n) is 6.23. The van der Waals surface area contributed by atoms with E-state index in [0.717, 1.165) is 8.78 Å². The molecular formula is C20H14BrFN2O3S. The molecule has 1 aliphatic heterocycles. The number of rotatable bonds is 3. The zero-order chi connectivity index (χ0) is 19.9. The zero-order valence-corrected chi connectivity index (χ0v) is 16.8. The van der Waals surface area contributed by atoms with E-state index in [-0.39, 0.29) is 10.6 Å². The minimum Gasteiger partial charge on any atom is -0.324 e. The molecule has 1 heterocycles. The quantitative estimate of drug-likeness (QED) is 0.629. The Morgan fingerprint density at radius 2 is 1.79 bits per heavy atom. The third-order valence-electron chi connectivity index (χ3n) is 4.37. The highest BCUT2D eigenvalue weighted by molar-refractivity contribution is 9.10. The number of hydrogen-bond acceptors (Lipinski definition) is 3. The number of anilines is 2. The molecule has 0 radical (unpaired) electrons. The molecular weight excluding hydrogens is 447 g/mol. The molecule has 3 aromatic rings. The van der Waals surface area contributed by atoms with Crippen LogP contribution in [0.5, 0.6) is 0 Å². The summed E-state index contributed by atoms with van der Waals surface area (Å²) in [6, 6.07) is 17.3. The van der Waals surface area contributed by atoms with Gasteiger partial charge >= 0.3 is 0 Å². The Morgan fingerprint density at radius 3 is 2.57 bits per heavy atom. The first-order valence-electron chi connectivity index (χ1n) is 8.33. The summed E-state index contributed by atoms with van der Waals surface area (Å²) >= 11 is 3.41. The number of carbonyl (C=O) groups is 1. The number of carbonyl (C=O) groups excluding carboxylic acids is 1. The van der Waals surface area contributed by atoms with Gasteiger partial charge < -0.3 is 5.32 Å². The molecule has 0 saturated carbocycles. The number of fused-ring (bicyclic) bond motifs is 3. The van der Waals surface area contributed by atoms with Gasteiger partial charge in [0.15, 0.2) is 0 Å². The Hall–Kier alpha value is -2.71. The molecule has 0 fully saturated rings. The number of hydrogen-bond donors (Lipinski definition) is 1. The summed E-state index contributed by atoms with van der Waals surface area (Å²) in [4.78, 5) is 12.7. The second kappa shape index (κ2) is 7.03. The standard InChI is InChI=1S/C20H14BrFN2O3S/c21-13-8-9-18-17(10-13)16-6-1-2-7-19(16)28(26,27)24(18)12-20(25)23-15-5-3-4-14(22)11-15/h1-11H,12H2,(H,23,25). The minimum atomic E-state index is -3.92. The van der Waals surface area contributed by atoms with Crippen LogP contribution in [0.2, 0.25) is 0 Å². The van der Waals surface area contributed by atoms with Crippen molar-refractivity contribution in [2.45, 2.75) is 4.90 Å². The van der Waals surface area contributed by atoms with E-state index in [1.807, 2.05) is 6.07 Å². The Bertz CT molecular complexity index is 1200. The lowest BCUT2D eigenvalue weighted by Crippen LogP contribution is -2.40. The van der Waals surface area contributed by atoms with Crippen LogP contribution in [0.4, 0.5) is 15.8 Å². The highest BCUT2D eigenvalue weighted by atomic mass is 79.9. The highest BCUT2D eigenvalue weighted by Gasteiger charge is 2.35. The normalized spacial score (nSPS) is 14.1. The predicted octanol–water partition coefficient (Wildman–Crippen LogP) is 4.40. The van der Waals surface area contributed by atoms with Crippen LogP contribution in [0.3, 0.4) is 0 Å². The van der Waals surface area contributed by atoms with Crippen LogP contribution in [0.25, 0.3) is 11.1 Å². The number of halogens is 2. The summed E-state index contributed by atoms with van der Waals surface area (Å²) in [7, 11) is -3.92. The largest absolute Gasteiger partial charge is 0.324 e. The van der Waals surface area contributed by atoms with Gasteiger partial charge in [-0.05, 0) is 42.5 Å². The smallest absolute Gasteiger partial charge is 0.265 e. The van der Waals surface area contributed by atoms with Crippen LogP contribution >= 0.6 is 15.9 Å². The Morgan fingerprint density at radius 1 is 1.00 bits per heavy atom. The maximum absolute atomic E-state index is 13.3. The summed E-state index contributed by atoms with van der Waals surface area (Å²) in [6.45, 7) is -0.429. The Balaban J connectivity index is 1.74. The summed E-state index contributed by atoms with van der Waals surface area (Å²) < 4.78 is 41.5. The van der Waals surface area contributed by atoms with E-state index < -0.39 is 28.3 Å². The SMILES string of the molecule is O=C(CN1c2ccc(Br)cc2-c2ccccc2S1(=O)=O)Nc1cccc(F)c1. The van der Waals surface area contributed by atoms with Gasteiger partial charge in [-0.1, -0.05) is 40.2 Å². The Labute approximate surface area is 170 Å². The molecule has 0 aromatic heterocycles. The maximum Gasteiger partial charge on any atom is 0.265 e. The highest BCUT2D eigenvalue weighted by Crippen LogP contribution is 2.43. The minimum absolute atomic E-state index is 0.138. The van der Waals surface area contributed by atoms with Gasteiger partial charge in [0.25, 0.3) is 10.0 Å². The monoisotopic (exact) mass is 460 g/mol. The number of benzene rings is 3. The van der Waals surface area contributed by atoms with Crippen molar-refractivity contribution in [3.05, 3.63) is 77.0 Å².